The van der Waals surface area contributed by atoms with Crippen molar-refractivity contribution >= 4 is 0 Å². The van der Waals surface area contributed by atoms with Crippen LogP contribution in [0, 0.1) is 0 Å². The lowest BCUT2D eigenvalue weighted by molar-refractivity contribution is 0.249. The lowest BCUT2D eigenvalue weighted by Gasteiger charge is -2.23. The van der Waals surface area contributed by atoms with Crippen LogP contribution in [0.5, 0.6) is 5.75 Å². The monoisotopic (exact) mass is 375 g/mol. The maximum absolute atomic E-state index is 10.1. The second kappa shape index (κ2) is 17.1. The molecule has 0 bridgehead atoms. The van der Waals surface area contributed by atoms with E-state index in [1.807, 2.05) is 18.2 Å². The Labute approximate surface area is 169 Å². The first-order chi connectivity index (χ1) is 13.3. The van der Waals surface area contributed by atoms with Crippen LogP contribution < -0.4 is 0 Å². The summed E-state index contributed by atoms with van der Waals surface area (Å²) in [6, 6.07) is 7.83. The summed E-state index contributed by atoms with van der Waals surface area (Å²) in [7, 11) is 0. The van der Waals surface area contributed by atoms with Crippen LogP contribution >= 0.6 is 0 Å². The van der Waals surface area contributed by atoms with Crippen molar-refractivity contribution in [3.05, 3.63) is 29.8 Å². The van der Waals surface area contributed by atoms with E-state index in [1.54, 1.807) is 0 Å². The van der Waals surface area contributed by atoms with Crippen molar-refractivity contribution in [3.8, 4) is 5.75 Å². The zero-order valence-corrected chi connectivity index (χ0v) is 18.2. The van der Waals surface area contributed by atoms with Gasteiger partial charge in [-0.1, -0.05) is 109 Å². The third-order valence-corrected chi connectivity index (χ3v) is 5.54. The van der Waals surface area contributed by atoms with Crippen molar-refractivity contribution in [2.45, 2.75) is 110 Å². The minimum absolute atomic E-state index is 0.446. The molecule has 0 heterocycles. The van der Waals surface area contributed by atoms with Gasteiger partial charge >= 0.3 is 0 Å². The molecule has 27 heavy (non-hydrogen) atoms. The fourth-order valence-electron chi connectivity index (χ4n) is 3.74. The Bertz CT molecular complexity index is 428. The summed E-state index contributed by atoms with van der Waals surface area (Å²) in [5.41, 5.74) is 1.07. The molecule has 0 atom stereocenters. The van der Waals surface area contributed by atoms with E-state index in [-0.39, 0.29) is 0 Å². The molecule has 156 valence electrons. The fourth-order valence-corrected chi connectivity index (χ4v) is 3.74. The lowest BCUT2D eigenvalue weighted by atomic mass is 10.1. The highest BCUT2D eigenvalue weighted by Crippen LogP contribution is 2.19. The van der Waals surface area contributed by atoms with Gasteiger partial charge in [-0.25, -0.2) is 0 Å². The number of hydrogen-bond donors (Lipinski definition) is 1. The SMILES string of the molecule is CCCCCCCCCN(CCCCCCCCC)Cc1ccccc1O. The molecule has 2 nitrogen and oxygen atoms in total. The van der Waals surface area contributed by atoms with Crippen molar-refractivity contribution < 1.29 is 5.11 Å². The number of rotatable bonds is 18. The highest BCUT2D eigenvalue weighted by atomic mass is 16.3. The molecule has 0 amide bonds. The molecule has 0 aliphatic carbocycles. The van der Waals surface area contributed by atoms with Crippen LogP contribution in [0.2, 0.25) is 0 Å². The molecule has 0 saturated heterocycles. The number of nitrogens with zero attached hydrogens (tertiary/aromatic N) is 1. The summed E-state index contributed by atoms with van der Waals surface area (Å²) >= 11 is 0. The Balaban J connectivity index is 2.29. The molecule has 0 radical (unpaired) electrons. The molecule has 1 rings (SSSR count). The van der Waals surface area contributed by atoms with Crippen LogP contribution in [0.15, 0.2) is 24.3 Å². The van der Waals surface area contributed by atoms with Gasteiger partial charge in [0.2, 0.25) is 0 Å². The molecular weight excluding hydrogens is 330 g/mol. The number of para-hydroxylation sites is 1. The van der Waals surface area contributed by atoms with Gasteiger partial charge in [0.25, 0.3) is 0 Å². The first-order valence-electron chi connectivity index (χ1n) is 11.8. The molecule has 1 aromatic rings. The molecule has 0 saturated carbocycles. The zero-order chi connectivity index (χ0) is 19.6. The van der Waals surface area contributed by atoms with Crippen LogP contribution in [0.1, 0.15) is 109 Å². The first-order valence-corrected chi connectivity index (χ1v) is 11.8. The minimum atomic E-state index is 0.446. The molecule has 0 aliphatic rings. The molecule has 0 aliphatic heterocycles. The smallest absolute Gasteiger partial charge is 0.120 e. The Kier molecular flexibility index (Phi) is 15.2. The normalized spacial score (nSPS) is 11.4. The van der Waals surface area contributed by atoms with Crippen LogP contribution in [0.3, 0.4) is 0 Å². The highest BCUT2D eigenvalue weighted by Gasteiger charge is 2.08. The van der Waals surface area contributed by atoms with E-state index >= 15 is 0 Å². The summed E-state index contributed by atoms with van der Waals surface area (Å²) in [5, 5.41) is 10.1. The van der Waals surface area contributed by atoms with E-state index in [0.717, 1.165) is 25.2 Å². The van der Waals surface area contributed by atoms with Gasteiger partial charge < -0.3 is 5.11 Å². The van der Waals surface area contributed by atoms with Crippen molar-refractivity contribution in [3.63, 3.8) is 0 Å². The van der Waals surface area contributed by atoms with Gasteiger partial charge in [-0.2, -0.15) is 0 Å². The quantitative estimate of drug-likeness (QED) is 0.266. The number of unbranched alkanes of at least 4 members (excludes halogenated alkanes) is 12. The predicted molar refractivity (Wildman–Crippen MR) is 119 cm³/mol. The topological polar surface area (TPSA) is 23.5 Å². The average molecular weight is 376 g/mol. The maximum atomic E-state index is 10.1. The standard InChI is InChI=1S/C25H45NO/c1-3-5-7-9-11-13-17-21-26(22-18-14-12-10-8-6-4-2)23-24-19-15-16-20-25(24)27/h15-16,19-20,27H,3-14,17-18,21-23H2,1-2H3. The van der Waals surface area contributed by atoms with Gasteiger partial charge in [0.05, 0.1) is 0 Å². The molecule has 0 aromatic heterocycles. The molecular formula is C25H45NO. The van der Waals surface area contributed by atoms with E-state index < -0.39 is 0 Å². The Morgan fingerprint density at radius 3 is 1.56 bits per heavy atom. The van der Waals surface area contributed by atoms with Gasteiger partial charge in [-0.05, 0) is 32.0 Å². The van der Waals surface area contributed by atoms with E-state index in [4.69, 9.17) is 0 Å². The molecule has 1 aromatic carbocycles. The van der Waals surface area contributed by atoms with Crippen molar-refractivity contribution in [2.24, 2.45) is 0 Å². The predicted octanol–water partition coefficient (Wildman–Crippen LogP) is 7.70. The Hall–Kier alpha value is -1.02. The summed E-state index contributed by atoms with van der Waals surface area (Å²) < 4.78 is 0. The minimum Gasteiger partial charge on any atom is -0.508 e. The number of benzene rings is 1. The van der Waals surface area contributed by atoms with Crippen LogP contribution in [-0.4, -0.2) is 23.1 Å². The van der Waals surface area contributed by atoms with Gasteiger partial charge in [0.1, 0.15) is 5.75 Å². The zero-order valence-electron chi connectivity index (χ0n) is 18.2. The Morgan fingerprint density at radius 1 is 0.630 bits per heavy atom. The number of phenols is 1. The summed E-state index contributed by atoms with van der Waals surface area (Å²) in [6.07, 6.45) is 19.0. The van der Waals surface area contributed by atoms with E-state index in [2.05, 4.69) is 24.8 Å². The van der Waals surface area contributed by atoms with Crippen LogP contribution in [0.4, 0.5) is 0 Å². The van der Waals surface area contributed by atoms with Gasteiger partial charge in [-0.15, -0.1) is 0 Å². The summed E-state index contributed by atoms with van der Waals surface area (Å²) in [4.78, 5) is 2.56. The third-order valence-electron chi connectivity index (χ3n) is 5.54. The van der Waals surface area contributed by atoms with E-state index in [9.17, 15) is 5.11 Å². The second-order valence-electron chi connectivity index (χ2n) is 8.15. The molecule has 1 N–H and O–H groups in total. The van der Waals surface area contributed by atoms with Gasteiger partial charge in [-0.3, -0.25) is 4.90 Å². The number of phenolic OH excluding ortho intramolecular Hbond substituents is 1. The van der Waals surface area contributed by atoms with Gasteiger partial charge in [0.15, 0.2) is 0 Å². The number of aromatic hydroxyl groups is 1. The fraction of sp³-hybridized carbons (Fsp3) is 0.760. The largest absolute Gasteiger partial charge is 0.508 e. The first kappa shape index (κ1) is 24.0. The maximum Gasteiger partial charge on any atom is 0.120 e. The Morgan fingerprint density at radius 2 is 1.07 bits per heavy atom. The van der Waals surface area contributed by atoms with Crippen LogP contribution in [-0.2, 0) is 6.54 Å². The van der Waals surface area contributed by atoms with Crippen LogP contribution in [0.25, 0.3) is 0 Å². The number of hydrogen-bond acceptors (Lipinski definition) is 2. The molecule has 0 spiro atoms. The molecule has 0 unspecified atom stereocenters. The summed E-state index contributed by atoms with van der Waals surface area (Å²) in [6.45, 7) is 7.77. The van der Waals surface area contributed by atoms with E-state index in [0.29, 0.717) is 5.75 Å². The second-order valence-corrected chi connectivity index (χ2v) is 8.15. The van der Waals surface area contributed by atoms with Gasteiger partial charge in [0, 0.05) is 12.1 Å². The third kappa shape index (κ3) is 12.9. The van der Waals surface area contributed by atoms with Crippen molar-refractivity contribution in [1.82, 2.24) is 4.90 Å². The molecule has 0 fully saturated rings. The molecule has 2 heteroatoms. The highest BCUT2D eigenvalue weighted by molar-refractivity contribution is 5.31. The lowest BCUT2D eigenvalue weighted by Crippen LogP contribution is -2.25. The van der Waals surface area contributed by atoms with E-state index in [1.165, 1.54) is 89.9 Å². The average Bonchev–Trinajstić information content (AvgIpc) is 2.68. The summed E-state index contributed by atoms with van der Waals surface area (Å²) in [5.74, 6) is 0.446. The van der Waals surface area contributed by atoms with Crippen molar-refractivity contribution in [1.29, 1.82) is 0 Å². The van der Waals surface area contributed by atoms with Crippen molar-refractivity contribution in [2.75, 3.05) is 13.1 Å².